The van der Waals surface area contributed by atoms with Crippen molar-refractivity contribution in [1.82, 2.24) is 4.90 Å². The third-order valence-electron chi connectivity index (χ3n) is 19.8. The molecule has 0 amide bonds. The van der Waals surface area contributed by atoms with Gasteiger partial charge in [0.15, 0.2) is 28.8 Å². The molecule has 1 atom stereocenters. The number of furan rings is 1. The Labute approximate surface area is 738 Å². The van der Waals surface area contributed by atoms with Gasteiger partial charge in [-0.1, -0.05) is 291 Å². The van der Waals surface area contributed by atoms with Crippen molar-refractivity contribution in [2.75, 3.05) is 33.8 Å². The summed E-state index contributed by atoms with van der Waals surface area (Å²) in [6.45, 7) is 65.5. The van der Waals surface area contributed by atoms with E-state index < -0.39 is 11.7 Å². The maximum Gasteiger partial charge on any atom is 0.416 e. The quantitative estimate of drug-likeness (QED) is 0.138. The number of hydrogen-bond donors (Lipinski definition) is 0. The number of ether oxygens (including phenoxy) is 6. The van der Waals surface area contributed by atoms with Crippen molar-refractivity contribution in [2.45, 2.75) is 324 Å². The third-order valence-corrected chi connectivity index (χ3v) is 20.1. The predicted molar refractivity (Wildman–Crippen MR) is 498 cm³/mol. The SMILES string of the molecule is CC(C)(C)C(=O)COc1ccc(Cl)cc1.CC(C)(C)CC1CCCO1.CC(C)(C)Cc1ccc(F)cc1.CC(C)(C)Cc1ccc2c(c1)OCO2.CC(C)(C)Cc1ccco1.CC(C)(C)c1ccc2c(c1)OCO2.CC(C)(C)c1cccc(C(F)(F)F)c1.CC(C)(C)c1cccc(F)c1.CC(C)(C)c1ccccc1F.CN(C1CCCCC1)C(C)(C)C. The summed E-state index contributed by atoms with van der Waals surface area (Å²) in [6, 6.07) is 49.9. The molecule has 0 radical (unpaired) electrons. The first-order chi connectivity index (χ1) is 55.9. The minimum atomic E-state index is -4.25. The maximum absolute atomic E-state index is 13.1. The molecular formula is C106H154ClF6NO8. The van der Waals surface area contributed by atoms with Crippen LogP contribution in [0.3, 0.4) is 0 Å². The number of nitrogens with zero attached hydrogens (tertiary/aromatic N) is 1. The van der Waals surface area contributed by atoms with Gasteiger partial charge in [0.2, 0.25) is 13.6 Å². The summed E-state index contributed by atoms with van der Waals surface area (Å²) in [5, 5.41) is 0.657. The normalized spacial score (nSPS) is 14.7. The Hall–Kier alpha value is -7.72. The fourth-order valence-electron chi connectivity index (χ4n) is 12.8. The van der Waals surface area contributed by atoms with Crippen LogP contribution in [0.25, 0.3) is 0 Å². The van der Waals surface area contributed by atoms with Crippen molar-refractivity contribution < 1.29 is 64.0 Å². The number of hydrogen-bond acceptors (Lipinski definition) is 9. The summed E-state index contributed by atoms with van der Waals surface area (Å²) < 4.78 is 113. The molecule has 4 aliphatic rings. The second-order valence-corrected chi connectivity index (χ2v) is 43.6. The summed E-state index contributed by atoms with van der Waals surface area (Å²) in [5.74, 6) is 4.86. The van der Waals surface area contributed by atoms with Gasteiger partial charge in [0.25, 0.3) is 0 Å². The lowest BCUT2D eigenvalue weighted by Gasteiger charge is -2.40. The summed E-state index contributed by atoms with van der Waals surface area (Å²) >= 11 is 5.72. The Kier molecular flexibility index (Phi) is 42.8. The number of benzene rings is 7. The third kappa shape index (κ3) is 45.8. The number of carbonyl (C=O) groups is 1. The minimum Gasteiger partial charge on any atom is -0.486 e. The van der Waals surface area contributed by atoms with E-state index in [0.717, 1.165) is 77.9 Å². The number of alkyl halides is 3. The molecule has 16 heteroatoms. The highest BCUT2D eigenvalue weighted by molar-refractivity contribution is 6.30. The van der Waals surface area contributed by atoms with E-state index in [-0.39, 0.29) is 62.3 Å². The zero-order chi connectivity index (χ0) is 92.7. The highest BCUT2D eigenvalue weighted by Crippen LogP contribution is 2.39. The van der Waals surface area contributed by atoms with Gasteiger partial charge in [0.05, 0.1) is 17.9 Å². The minimum absolute atomic E-state index is 0.0437. The van der Waals surface area contributed by atoms with Gasteiger partial charge in [0, 0.05) is 35.0 Å². The van der Waals surface area contributed by atoms with E-state index >= 15 is 0 Å². The Balaban J connectivity index is 0.000000351. The predicted octanol–water partition coefficient (Wildman–Crippen LogP) is 31.2. The molecule has 9 nitrogen and oxygen atoms in total. The van der Waals surface area contributed by atoms with E-state index in [0.29, 0.717) is 57.8 Å². The van der Waals surface area contributed by atoms with Gasteiger partial charge in [-0.25, -0.2) is 13.2 Å². The van der Waals surface area contributed by atoms with Crippen molar-refractivity contribution in [2.24, 2.45) is 27.1 Å². The maximum atomic E-state index is 13.1. The lowest BCUT2D eigenvalue weighted by molar-refractivity contribution is -0.137. The van der Waals surface area contributed by atoms with Gasteiger partial charge in [-0.05, 0) is 247 Å². The van der Waals surface area contributed by atoms with E-state index in [4.69, 9.17) is 44.4 Å². The zero-order valence-corrected chi connectivity index (χ0v) is 81.1. The Morgan fingerprint density at radius 2 is 0.910 bits per heavy atom. The molecule has 1 aromatic heterocycles. The number of fused-ring (bicyclic) bond motifs is 2. The first kappa shape index (κ1) is 108. The molecule has 1 saturated heterocycles. The van der Waals surface area contributed by atoms with Crippen molar-refractivity contribution in [3.8, 4) is 28.7 Å². The van der Waals surface area contributed by atoms with Gasteiger partial charge < -0.3 is 32.8 Å². The lowest BCUT2D eigenvalue weighted by atomic mass is 9.86. The molecule has 8 aromatic rings. The number of rotatable bonds is 8. The van der Waals surface area contributed by atoms with Crippen molar-refractivity contribution in [3.05, 3.63) is 243 Å². The molecule has 12 rings (SSSR count). The molecular weight excluding hydrogens is 1560 g/mol. The fourth-order valence-corrected chi connectivity index (χ4v) is 12.9. The second kappa shape index (κ2) is 48.1. The molecule has 2 fully saturated rings. The van der Waals surface area contributed by atoms with E-state index in [1.807, 2.05) is 117 Å². The highest BCUT2D eigenvalue weighted by Gasteiger charge is 2.32. The van der Waals surface area contributed by atoms with Gasteiger partial charge >= 0.3 is 6.18 Å². The van der Waals surface area contributed by atoms with Crippen LogP contribution >= 0.6 is 11.6 Å². The first-order valence-electron chi connectivity index (χ1n) is 43.4. The number of halogens is 7. The van der Waals surface area contributed by atoms with Crippen LogP contribution in [-0.4, -0.2) is 62.2 Å². The van der Waals surface area contributed by atoms with E-state index in [9.17, 15) is 31.1 Å². The molecule has 0 spiro atoms. The molecule has 3 aliphatic heterocycles. The van der Waals surface area contributed by atoms with Gasteiger partial charge in [0.1, 0.15) is 35.6 Å². The molecule has 1 unspecified atom stereocenters. The summed E-state index contributed by atoms with van der Waals surface area (Å²) in [7, 11) is 2.27. The molecule has 7 aromatic carbocycles. The van der Waals surface area contributed by atoms with Crippen molar-refractivity contribution in [1.29, 1.82) is 0 Å². The molecule has 1 aliphatic carbocycles. The van der Waals surface area contributed by atoms with Crippen LogP contribution in [0, 0.1) is 44.5 Å². The second-order valence-electron chi connectivity index (χ2n) is 43.1. The largest absolute Gasteiger partial charge is 0.486 e. The average molecular weight is 1720 g/mol. The topological polar surface area (TPSA) is 88.8 Å². The van der Waals surface area contributed by atoms with E-state index in [1.165, 1.54) is 104 Å². The number of carbonyl (C=O) groups excluding carboxylic acids is 1. The summed E-state index contributed by atoms with van der Waals surface area (Å²) in [6.07, 6.45) is 12.0. The van der Waals surface area contributed by atoms with Crippen molar-refractivity contribution in [3.63, 3.8) is 0 Å². The zero-order valence-electron chi connectivity index (χ0n) is 80.4. The Bertz CT molecular complexity index is 4250. The smallest absolute Gasteiger partial charge is 0.416 e. The van der Waals surface area contributed by atoms with Gasteiger partial charge in [-0.3, -0.25) is 9.69 Å². The Morgan fingerprint density at radius 1 is 0.434 bits per heavy atom. The fraction of sp³-hybridized carbons (Fsp3) is 0.557. The first-order valence-corrected chi connectivity index (χ1v) is 43.8. The molecule has 1 saturated carbocycles. The molecule has 0 N–H and O–H groups in total. The van der Waals surface area contributed by atoms with Crippen LogP contribution in [0.5, 0.6) is 28.7 Å². The number of Topliss-reactive ketones (excluding diaryl/α,β-unsaturated/α-hetero) is 1. The van der Waals surface area contributed by atoms with E-state index in [2.05, 4.69) is 182 Å². The molecule has 122 heavy (non-hydrogen) atoms. The Morgan fingerprint density at radius 3 is 1.34 bits per heavy atom. The standard InChI is InChI=1S/C12H15ClO2.C12H16O2.C11H13F3.C11H15F.C11H23N.C11H14O2.2C10H13F.C9H18O.C9H14O/c1-12(2,3)11(14)8-15-10-6-4-9(13)5-7-10;1-12(2,3)7-9-4-5-10-11(6-9)14-8-13-10;1-10(2,3)8-5-4-6-9(7-8)11(12,13)14;1-11(2,3)8-9-4-6-10(12)7-5-9;1-11(2,3)12(4)10-8-6-5-7-9-10;1-11(2,3)8-4-5-9-10(6-8)13-7-12-9;1-10(2,3)8-5-4-6-9(11)7-8;1-10(2,3)8-6-4-5-7-9(8)11;2*1-9(2,3)7-8-5-4-6-10-8/h4-7H,8H2,1-3H3;4-6H,7-8H2,1-3H3;4-7H,1-3H3;4-7H,8H2,1-3H3;10H,5-9H2,1-4H3;4-6H,7H2,1-3H3;2*4-7H,1-3H3;8H,4-7H2,1-3H3;4-6H,7H2,1-3H3. The van der Waals surface area contributed by atoms with Crippen LogP contribution in [0.1, 0.15) is 304 Å². The lowest BCUT2D eigenvalue weighted by Crippen LogP contribution is -2.45. The highest BCUT2D eigenvalue weighted by atomic mass is 35.5. The monoisotopic (exact) mass is 1720 g/mol. The van der Waals surface area contributed by atoms with Crippen LogP contribution in [0.4, 0.5) is 26.3 Å². The summed E-state index contributed by atoms with van der Waals surface area (Å²) in [4.78, 5) is 14.1. The van der Waals surface area contributed by atoms with Gasteiger partial charge in [-0.15, -0.1) is 0 Å². The summed E-state index contributed by atoms with van der Waals surface area (Å²) in [5.41, 5.74) is 6.94. The number of ketones is 1. The van der Waals surface area contributed by atoms with Crippen LogP contribution < -0.4 is 23.7 Å². The van der Waals surface area contributed by atoms with Crippen LogP contribution in [-0.2, 0) is 56.6 Å². The molecule has 0 bridgehead atoms. The molecule has 4 heterocycles. The van der Waals surface area contributed by atoms with E-state index in [1.54, 1.807) is 54.8 Å². The van der Waals surface area contributed by atoms with Crippen LogP contribution in [0.15, 0.2) is 181 Å². The average Bonchev–Trinajstić information content (AvgIpc) is 1.78. The molecule has 680 valence electrons. The van der Waals surface area contributed by atoms with Crippen molar-refractivity contribution >= 4 is 17.4 Å². The van der Waals surface area contributed by atoms with Crippen LogP contribution in [0.2, 0.25) is 5.02 Å². The van der Waals surface area contributed by atoms with Gasteiger partial charge in [-0.2, -0.15) is 13.2 Å².